The van der Waals surface area contributed by atoms with Gasteiger partial charge in [0.05, 0.1) is 18.3 Å². The van der Waals surface area contributed by atoms with Gasteiger partial charge in [-0.25, -0.2) is 12.7 Å². The average Bonchev–Trinajstić information content (AvgIpc) is 3.06. The molecular formula is C12H19FN2O3S. The molecule has 1 amide bonds. The van der Waals surface area contributed by atoms with Crippen molar-refractivity contribution in [3.8, 4) is 0 Å². The highest BCUT2D eigenvalue weighted by molar-refractivity contribution is 7.90. The molecule has 0 atom stereocenters. The zero-order valence-corrected chi connectivity index (χ0v) is 11.7. The average molecular weight is 290 g/mol. The Labute approximate surface area is 112 Å². The lowest BCUT2D eigenvalue weighted by molar-refractivity contribution is -0.142. The molecule has 1 spiro atoms. The van der Waals surface area contributed by atoms with Crippen LogP contribution in [-0.4, -0.2) is 61.6 Å². The molecule has 3 fully saturated rings. The highest BCUT2D eigenvalue weighted by Crippen LogP contribution is 2.43. The van der Waals surface area contributed by atoms with Crippen molar-refractivity contribution in [2.75, 3.05) is 32.9 Å². The summed E-state index contributed by atoms with van der Waals surface area (Å²) < 4.78 is 38.0. The molecule has 19 heavy (non-hydrogen) atoms. The molecule has 0 N–H and O–H groups in total. The number of rotatable bonds is 4. The number of likely N-dealkylation sites (tertiary alicyclic amines) is 1. The van der Waals surface area contributed by atoms with Crippen LogP contribution in [0.5, 0.6) is 0 Å². The smallest absolute Gasteiger partial charge is 0.225 e. The maximum absolute atomic E-state index is 12.1. The van der Waals surface area contributed by atoms with Gasteiger partial charge in [0.25, 0.3) is 0 Å². The minimum Gasteiger partial charge on any atom is -0.341 e. The summed E-state index contributed by atoms with van der Waals surface area (Å²) in [6.07, 6.45) is 2.33. The molecule has 0 radical (unpaired) electrons. The van der Waals surface area contributed by atoms with E-state index in [0.717, 1.165) is 19.3 Å². The molecule has 7 heteroatoms. The Balaban J connectivity index is 1.57. The molecule has 2 heterocycles. The van der Waals surface area contributed by atoms with E-state index in [9.17, 15) is 17.6 Å². The van der Waals surface area contributed by atoms with Crippen molar-refractivity contribution in [2.45, 2.75) is 30.9 Å². The van der Waals surface area contributed by atoms with E-state index in [0.29, 0.717) is 26.2 Å². The van der Waals surface area contributed by atoms with Crippen LogP contribution in [0.3, 0.4) is 0 Å². The summed E-state index contributed by atoms with van der Waals surface area (Å²) in [5, 5.41) is -0.160. The number of nitrogens with zero attached hydrogens (tertiary/aromatic N) is 2. The van der Waals surface area contributed by atoms with Crippen LogP contribution in [0, 0.1) is 5.41 Å². The number of hydrogen-bond acceptors (Lipinski definition) is 3. The van der Waals surface area contributed by atoms with Gasteiger partial charge in [0, 0.05) is 31.6 Å². The van der Waals surface area contributed by atoms with E-state index < -0.39 is 16.7 Å². The Morgan fingerprint density at radius 3 is 2.53 bits per heavy atom. The molecule has 0 bridgehead atoms. The van der Waals surface area contributed by atoms with E-state index in [2.05, 4.69) is 0 Å². The molecule has 1 aliphatic carbocycles. The molecule has 2 aliphatic heterocycles. The first-order valence-electron chi connectivity index (χ1n) is 6.80. The molecule has 0 aromatic rings. The molecular weight excluding hydrogens is 271 g/mol. The Bertz CT molecular complexity index is 483. The Kier molecular flexibility index (Phi) is 3.09. The van der Waals surface area contributed by atoms with E-state index in [1.165, 1.54) is 0 Å². The van der Waals surface area contributed by atoms with Crippen LogP contribution >= 0.6 is 0 Å². The fourth-order valence-electron chi connectivity index (χ4n) is 3.12. The second kappa shape index (κ2) is 4.41. The molecule has 3 rings (SSSR count). The third kappa shape index (κ3) is 2.27. The summed E-state index contributed by atoms with van der Waals surface area (Å²) in [5.41, 5.74) is -0.0616. The first-order valence-corrected chi connectivity index (χ1v) is 8.30. The molecule has 0 aromatic carbocycles. The molecule has 108 valence electrons. The second-order valence-electron chi connectivity index (χ2n) is 6.02. The van der Waals surface area contributed by atoms with Gasteiger partial charge in [0.1, 0.15) is 0 Å². The van der Waals surface area contributed by atoms with E-state index in [1.54, 1.807) is 9.21 Å². The van der Waals surface area contributed by atoms with Crippen molar-refractivity contribution in [1.29, 1.82) is 0 Å². The van der Waals surface area contributed by atoms with E-state index in [-0.39, 0.29) is 23.0 Å². The van der Waals surface area contributed by atoms with Gasteiger partial charge in [-0.3, -0.25) is 9.18 Å². The van der Waals surface area contributed by atoms with Crippen molar-refractivity contribution < 1.29 is 17.6 Å². The minimum atomic E-state index is -3.09. The first kappa shape index (κ1) is 13.3. The number of carbonyl (C=O) groups excluding carboxylic acids is 1. The molecule has 5 nitrogen and oxygen atoms in total. The van der Waals surface area contributed by atoms with Crippen molar-refractivity contribution in [2.24, 2.45) is 5.41 Å². The van der Waals surface area contributed by atoms with Crippen LogP contribution in [0.2, 0.25) is 0 Å². The van der Waals surface area contributed by atoms with E-state index in [4.69, 9.17) is 0 Å². The van der Waals surface area contributed by atoms with Crippen molar-refractivity contribution in [1.82, 2.24) is 9.21 Å². The normalized spacial score (nSPS) is 26.7. The Hall–Kier alpha value is -0.690. The van der Waals surface area contributed by atoms with Crippen LogP contribution in [0.1, 0.15) is 25.7 Å². The van der Waals surface area contributed by atoms with Gasteiger partial charge >= 0.3 is 0 Å². The monoisotopic (exact) mass is 290 g/mol. The molecule has 1 saturated carbocycles. The summed E-state index contributed by atoms with van der Waals surface area (Å²) in [5.74, 6) is -0.156. The second-order valence-corrected chi connectivity index (χ2v) is 8.23. The van der Waals surface area contributed by atoms with Gasteiger partial charge in [0.15, 0.2) is 0 Å². The zero-order valence-electron chi connectivity index (χ0n) is 10.8. The maximum atomic E-state index is 12.1. The lowest BCUT2D eigenvalue weighted by Gasteiger charge is -2.48. The maximum Gasteiger partial charge on any atom is 0.225 e. The van der Waals surface area contributed by atoms with Gasteiger partial charge in [-0.15, -0.1) is 0 Å². The largest absolute Gasteiger partial charge is 0.341 e. The van der Waals surface area contributed by atoms with Gasteiger partial charge in [0.2, 0.25) is 15.9 Å². The van der Waals surface area contributed by atoms with Crippen LogP contribution in [0.25, 0.3) is 0 Å². The molecule has 0 unspecified atom stereocenters. The van der Waals surface area contributed by atoms with Gasteiger partial charge < -0.3 is 4.90 Å². The summed E-state index contributed by atoms with van der Waals surface area (Å²) in [7, 11) is -3.09. The molecule has 0 aromatic heterocycles. The van der Waals surface area contributed by atoms with Gasteiger partial charge in [-0.05, 0) is 19.3 Å². The standard InChI is InChI=1S/C12H19FN2O3S/c13-5-3-11(16)14-7-12(8-14)4-6-15(9-12)19(17,18)10-1-2-10/h10H,1-9H2. The lowest BCUT2D eigenvalue weighted by Crippen LogP contribution is -2.59. The van der Waals surface area contributed by atoms with Gasteiger partial charge in [-0.1, -0.05) is 0 Å². The molecule has 3 aliphatic rings. The summed E-state index contributed by atoms with van der Waals surface area (Å²) in [6.45, 7) is 1.66. The highest BCUT2D eigenvalue weighted by Gasteiger charge is 2.53. The topological polar surface area (TPSA) is 57.7 Å². The minimum absolute atomic E-state index is 0.0554. The fourth-order valence-corrected chi connectivity index (χ4v) is 5.08. The van der Waals surface area contributed by atoms with E-state index >= 15 is 0 Å². The number of sulfonamides is 1. The van der Waals surface area contributed by atoms with Crippen LogP contribution in [0.15, 0.2) is 0 Å². The van der Waals surface area contributed by atoms with Crippen molar-refractivity contribution >= 4 is 15.9 Å². The zero-order chi connectivity index (χ0) is 13.7. The number of carbonyl (C=O) groups is 1. The van der Waals surface area contributed by atoms with E-state index in [1.807, 2.05) is 0 Å². The lowest BCUT2D eigenvalue weighted by atomic mass is 9.79. The van der Waals surface area contributed by atoms with Crippen molar-refractivity contribution in [3.05, 3.63) is 0 Å². The summed E-state index contributed by atoms with van der Waals surface area (Å²) >= 11 is 0. The highest BCUT2D eigenvalue weighted by atomic mass is 32.2. The van der Waals surface area contributed by atoms with Crippen molar-refractivity contribution in [3.63, 3.8) is 0 Å². The Morgan fingerprint density at radius 1 is 1.26 bits per heavy atom. The predicted octanol–water partition coefficient (Wildman–Crippen LogP) is 0.373. The van der Waals surface area contributed by atoms with Gasteiger partial charge in [-0.2, -0.15) is 0 Å². The SMILES string of the molecule is O=C(CCF)N1CC2(CCN(S(=O)(=O)C3CC3)C2)C1. The quantitative estimate of drug-likeness (QED) is 0.752. The number of alkyl halides is 1. The number of halogens is 1. The number of amides is 1. The third-order valence-corrected chi connectivity index (χ3v) is 6.77. The Morgan fingerprint density at radius 2 is 1.95 bits per heavy atom. The fraction of sp³-hybridized carbons (Fsp3) is 0.917. The van der Waals surface area contributed by atoms with Crippen LogP contribution in [0.4, 0.5) is 4.39 Å². The summed E-state index contributed by atoms with van der Waals surface area (Å²) in [4.78, 5) is 13.2. The molecule has 2 saturated heterocycles. The predicted molar refractivity (Wildman–Crippen MR) is 67.7 cm³/mol. The van der Waals surface area contributed by atoms with Crippen LogP contribution < -0.4 is 0 Å². The number of hydrogen-bond donors (Lipinski definition) is 0. The van der Waals surface area contributed by atoms with Crippen LogP contribution in [-0.2, 0) is 14.8 Å². The first-order chi connectivity index (χ1) is 8.97. The summed E-state index contributed by atoms with van der Waals surface area (Å²) in [6, 6.07) is 0. The third-order valence-electron chi connectivity index (χ3n) is 4.42.